The minimum atomic E-state index is -0.749. The lowest BCUT2D eigenvalue weighted by Crippen LogP contribution is -2.08. The molecule has 50 valence electrons. The van der Waals surface area contributed by atoms with Gasteiger partial charge in [-0.1, -0.05) is 15.9 Å². The van der Waals surface area contributed by atoms with Crippen molar-refractivity contribution >= 4 is 34.4 Å². The molecule has 9 heavy (non-hydrogen) atoms. The number of hydrogen-bond acceptors (Lipinski definition) is 2. The second-order valence-electron chi connectivity index (χ2n) is 1.23. The van der Waals surface area contributed by atoms with Crippen molar-refractivity contribution in [2.45, 2.75) is 4.83 Å². The number of halogens is 1. The summed E-state index contributed by atoms with van der Waals surface area (Å²) >= 11 is 3.01. The first-order chi connectivity index (χ1) is 4.16. The van der Waals surface area contributed by atoms with E-state index in [4.69, 9.17) is 5.41 Å². The maximum Gasteiger partial charge on any atom is 0.338 e. The summed E-state index contributed by atoms with van der Waals surface area (Å²) in [5.41, 5.74) is 4.66. The van der Waals surface area contributed by atoms with E-state index in [1.165, 1.54) is 6.21 Å². The van der Waals surface area contributed by atoms with E-state index in [1.807, 2.05) is 0 Å². The van der Waals surface area contributed by atoms with Crippen molar-refractivity contribution < 1.29 is 4.79 Å². The molecule has 0 heterocycles. The number of nitrogens with zero attached hydrogens (tertiary/aromatic N) is 1. The molecule has 1 unspecified atom stereocenters. The summed E-state index contributed by atoms with van der Waals surface area (Å²) in [6.45, 7) is 0. The Hall–Kier alpha value is -0.710. The number of rotatable bonds is 2. The maximum absolute atomic E-state index is 9.95. The summed E-state index contributed by atoms with van der Waals surface area (Å²) < 4.78 is 0. The average Bonchev–Trinajstić information content (AvgIpc) is 1.83. The van der Waals surface area contributed by atoms with Crippen LogP contribution in [0, 0.1) is 5.41 Å². The van der Waals surface area contributed by atoms with E-state index in [1.54, 1.807) is 0 Å². The van der Waals surface area contributed by atoms with Crippen molar-refractivity contribution in [3.63, 3.8) is 0 Å². The number of primary amides is 1. The van der Waals surface area contributed by atoms with Gasteiger partial charge in [-0.05, 0) is 0 Å². The first-order valence-corrected chi connectivity index (χ1v) is 3.06. The molecule has 0 saturated heterocycles. The predicted molar refractivity (Wildman–Crippen MR) is 39.6 cm³/mol. The van der Waals surface area contributed by atoms with Gasteiger partial charge in [0.25, 0.3) is 0 Å². The van der Waals surface area contributed by atoms with Crippen LogP contribution in [0.1, 0.15) is 0 Å². The van der Waals surface area contributed by atoms with Crippen LogP contribution in [-0.2, 0) is 0 Å². The van der Waals surface area contributed by atoms with E-state index >= 15 is 0 Å². The normalized spacial score (nSPS) is 13.4. The van der Waals surface area contributed by atoms with Gasteiger partial charge >= 0.3 is 6.03 Å². The van der Waals surface area contributed by atoms with Crippen molar-refractivity contribution in [3.05, 3.63) is 0 Å². The highest BCUT2D eigenvalue weighted by Crippen LogP contribution is 1.89. The maximum atomic E-state index is 9.95. The van der Waals surface area contributed by atoms with E-state index in [0.717, 1.165) is 6.21 Å². The van der Waals surface area contributed by atoms with Gasteiger partial charge in [0.05, 0.1) is 4.83 Å². The second kappa shape index (κ2) is 4.20. The van der Waals surface area contributed by atoms with Crippen molar-refractivity contribution in [2.75, 3.05) is 0 Å². The van der Waals surface area contributed by atoms with Gasteiger partial charge in [-0.25, -0.2) is 9.79 Å². The van der Waals surface area contributed by atoms with Crippen LogP contribution in [0.4, 0.5) is 4.79 Å². The summed E-state index contributed by atoms with van der Waals surface area (Å²) in [4.78, 5) is 12.9. The van der Waals surface area contributed by atoms with Gasteiger partial charge in [-0.15, -0.1) is 0 Å². The van der Waals surface area contributed by atoms with E-state index in [-0.39, 0.29) is 4.83 Å². The molecule has 0 spiro atoms. The van der Waals surface area contributed by atoms with Gasteiger partial charge in [0.15, 0.2) is 0 Å². The standard InChI is InChI=1S/C4H6BrN3O/c5-3(1-6)2-8-4(7)9/h1-3,6H,(H2,7,9). The molecule has 2 amide bonds. The lowest BCUT2D eigenvalue weighted by Gasteiger charge is -1.87. The number of nitrogens with one attached hydrogen (secondary N) is 1. The van der Waals surface area contributed by atoms with Crippen LogP contribution in [0.3, 0.4) is 0 Å². The Labute approximate surface area is 60.8 Å². The first-order valence-electron chi connectivity index (χ1n) is 2.15. The molecule has 1 atom stereocenters. The third-order valence-electron chi connectivity index (χ3n) is 0.503. The molecule has 4 nitrogen and oxygen atoms in total. The van der Waals surface area contributed by atoms with E-state index in [9.17, 15) is 4.79 Å². The minimum absolute atomic E-state index is 0.301. The van der Waals surface area contributed by atoms with Crippen molar-refractivity contribution in [3.8, 4) is 0 Å². The smallest absolute Gasteiger partial charge is 0.338 e. The molecule has 0 aliphatic carbocycles. The van der Waals surface area contributed by atoms with E-state index < -0.39 is 6.03 Å². The van der Waals surface area contributed by atoms with Gasteiger partial charge in [-0.2, -0.15) is 0 Å². The Morgan fingerprint density at radius 3 is 2.78 bits per heavy atom. The van der Waals surface area contributed by atoms with Crippen molar-refractivity contribution in [1.82, 2.24) is 0 Å². The number of nitrogens with two attached hydrogens (primary N) is 1. The van der Waals surface area contributed by atoms with Crippen LogP contribution >= 0.6 is 15.9 Å². The zero-order valence-corrected chi connectivity index (χ0v) is 6.13. The predicted octanol–water partition coefficient (Wildman–Crippen LogP) is 0.549. The Morgan fingerprint density at radius 1 is 1.89 bits per heavy atom. The number of hydrogen-bond donors (Lipinski definition) is 2. The van der Waals surface area contributed by atoms with Crippen LogP contribution in [0.5, 0.6) is 0 Å². The highest BCUT2D eigenvalue weighted by molar-refractivity contribution is 9.10. The Balaban J connectivity index is 3.69. The number of carbonyl (C=O) groups excluding carboxylic acids is 1. The molecule has 0 rings (SSSR count). The van der Waals surface area contributed by atoms with Gasteiger partial charge in [0.1, 0.15) is 0 Å². The molecule has 0 aliphatic rings. The fourth-order valence-corrected chi connectivity index (χ4v) is 0.306. The van der Waals surface area contributed by atoms with E-state index in [2.05, 4.69) is 26.7 Å². The van der Waals surface area contributed by atoms with Crippen LogP contribution in [-0.4, -0.2) is 23.3 Å². The van der Waals surface area contributed by atoms with Crippen molar-refractivity contribution in [1.29, 1.82) is 5.41 Å². The molecule has 5 heteroatoms. The molecular weight excluding hydrogens is 186 g/mol. The third kappa shape index (κ3) is 5.16. The second-order valence-corrected chi connectivity index (χ2v) is 2.28. The Bertz CT molecular complexity index is 145. The Kier molecular flexibility index (Phi) is 3.87. The number of carbonyl (C=O) groups is 1. The Morgan fingerprint density at radius 2 is 2.44 bits per heavy atom. The highest BCUT2D eigenvalue weighted by Gasteiger charge is 1.91. The van der Waals surface area contributed by atoms with Crippen LogP contribution < -0.4 is 5.73 Å². The van der Waals surface area contributed by atoms with Crippen LogP contribution in [0.15, 0.2) is 4.99 Å². The molecule has 0 aromatic rings. The van der Waals surface area contributed by atoms with Gasteiger partial charge in [-0.3, -0.25) is 0 Å². The number of urea groups is 1. The third-order valence-corrected chi connectivity index (χ3v) is 1.00. The molecule has 0 aromatic heterocycles. The molecule has 0 aromatic carbocycles. The number of aliphatic imine (C=N–C) groups is 1. The highest BCUT2D eigenvalue weighted by atomic mass is 79.9. The largest absolute Gasteiger partial charge is 0.350 e. The molecule has 0 saturated carbocycles. The molecular formula is C4H6BrN3O. The van der Waals surface area contributed by atoms with Gasteiger partial charge in [0, 0.05) is 12.4 Å². The molecule has 0 bridgehead atoms. The monoisotopic (exact) mass is 191 g/mol. The zero-order chi connectivity index (χ0) is 7.28. The van der Waals surface area contributed by atoms with Crippen LogP contribution in [0.2, 0.25) is 0 Å². The van der Waals surface area contributed by atoms with Gasteiger partial charge < -0.3 is 11.1 Å². The average molecular weight is 192 g/mol. The molecule has 0 fully saturated rings. The minimum Gasteiger partial charge on any atom is -0.350 e. The quantitative estimate of drug-likeness (QED) is 0.486. The summed E-state index contributed by atoms with van der Waals surface area (Å²) in [5.74, 6) is 0. The fraction of sp³-hybridized carbons (Fsp3) is 0.250. The SMILES string of the molecule is N=CC(Br)C=NC(N)=O. The zero-order valence-electron chi connectivity index (χ0n) is 4.54. The van der Waals surface area contributed by atoms with Crippen molar-refractivity contribution in [2.24, 2.45) is 10.7 Å². The summed E-state index contributed by atoms with van der Waals surface area (Å²) in [6, 6.07) is -0.749. The lowest BCUT2D eigenvalue weighted by molar-refractivity contribution is 0.257. The molecule has 0 aliphatic heterocycles. The summed E-state index contributed by atoms with van der Waals surface area (Å²) in [5, 5.41) is 6.64. The fourth-order valence-electron chi connectivity index (χ4n) is 0.188. The summed E-state index contributed by atoms with van der Waals surface area (Å²) in [7, 11) is 0. The molecule has 0 radical (unpaired) electrons. The number of alkyl halides is 1. The van der Waals surface area contributed by atoms with Gasteiger partial charge in [0.2, 0.25) is 0 Å². The van der Waals surface area contributed by atoms with Crippen LogP contribution in [0.25, 0.3) is 0 Å². The lowest BCUT2D eigenvalue weighted by atomic mass is 10.5. The topological polar surface area (TPSA) is 79.3 Å². The summed E-state index contributed by atoms with van der Waals surface area (Å²) in [6.07, 6.45) is 2.34. The van der Waals surface area contributed by atoms with E-state index in [0.29, 0.717) is 0 Å². The first kappa shape index (κ1) is 8.29. The number of amides is 2. The molecule has 3 N–H and O–H groups in total.